The normalized spacial score (nSPS) is 11.2. The number of halogens is 1. The molecule has 1 N–H and O–H groups in total. The average Bonchev–Trinajstić information content (AvgIpc) is 2.37. The van der Waals surface area contributed by atoms with Crippen molar-refractivity contribution in [3.05, 3.63) is 28.2 Å². The van der Waals surface area contributed by atoms with Gasteiger partial charge in [-0.15, -0.1) is 0 Å². The van der Waals surface area contributed by atoms with E-state index in [1.165, 1.54) is 0 Å². The lowest BCUT2D eigenvalue weighted by molar-refractivity contribution is -0.123. The molecule has 0 aliphatic rings. The third-order valence-corrected chi connectivity index (χ3v) is 3.27. The lowest BCUT2D eigenvalue weighted by atomic mass is 10.2. The fourth-order valence-electron chi connectivity index (χ4n) is 1.12. The van der Waals surface area contributed by atoms with E-state index >= 15 is 0 Å². The molecule has 0 fully saturated rings. The molecule has 1 amide bonds. The molecule has 0 aromatic heterocycles. The summed E-state index contributed by atoms with van der Waals surface area (Å²) >= 11 is 3.41. The van der Waals surface area contributed by atoms with Crippen LogP contribution in [0.1, 0.15) is 25.8 Å². The van der Waals surface area contributed by atoms with Crippen LogP contribution in [0, 0.1) is 6.92 Å². The fraction of sp³-hybridized carbons (Fsp3) is 0.385. The fourth-order valence-corrected chi connectivity index (χ4v) is 1.37. The second kappa shape index (κ2) is 7.16. The summed E-state index contributed by atoms with van der Waals surface area (Å²) in [7, 11) is 0. The number of hydrogen-bond donors (Lipinski definition) is 1. The molecule has 98 valence electrons. The minimum absolute atomic E-state index is 0.0401. The van der Waals surface area contributed by atoms with Gasteiger partial charge in [0.15, 0.2) is 6.61 Å². The molecule has 5 heteroatoms. The minimum Gasteiger partial charge on any atom is -0.484 e. The zero-order valence-electron chi connectivity index (χ0n) is 10.8. The van der Waals surface area contributed by atoms with Gasteiger partial charge in [0.25, 0.3) is 5.91 Å². The lowest BCUT2D eigenvalue weighted by Gasteiger charge is -2.07. The third kappa shape index (κ3) is 4.87. The molecule has 0 unspecified atom stereocenters. The van der Waals surface area contributed by atoms with Gasteiger partial charge >= 0.3 is 0 Å². The van der Waals surface area contributed by atoms with Crippen molar-refractivity contribution in [3.63, 3.8) is 0 Å². The number of nitrogens with one attached hydrogen (secondary N) is 1. The summed E-state index contributed by atoms with van der Waals surface area (Å²) in [5.74, 6) is 0.408. The summed E-state index contributed by atoms with van der Waals surface area (Å²) in [4.78, 5) is 11.4. The molecule has 0 aliphatic heterocycles. The van der Waals surface area contributed by atoms with E-state index in [2.05, 4.69) is 26.5 Å². The molecule has 18 heavy (non-hydrogen) atoms. The average molecular weight is 313 g/mol. The van der Waals surface area contributed by atoms with Crippen LogP contribution in [0.5, 0.6) is 5.75 Å². The Hall–Kier alpha value is -1.36. The van der Waals surface area contributed by atoms with E-state index in [4.69, 9.17) is 4.74 Å². The molecular formula is C13H17BrN2O2. The molecule has 0 atom stereocenters. The zero-order valence-corrected chi connectivity index (χ0v) is 12.4. The second-order valence-corrected chi connectivity index (χ2v) is 4.79. The summed E-state index contributed by atoms with van der Waals surface area (Å²) < 4.78 is 6.38. The SMILES string of the molecule is CC/C(C)=N\NC(=O)COc1ccc(Br)c(C)c1. The topological polar surface area (TPSA) is 50.7 Å². The van der Waals surface area contributed by atoms with Crippen molar-refractivity contribution in [1.29, 1.82) is 0 Å². The van der Waals surface area contributed by atoms with Gasteiger partial charge < -0.3 is 4.74 Å². The Bertz CT molecular complexity index is 458. The van der Waals surface area contributed by atoms with E-state index in [9.17, 15) is 4.79 Å². The van der Waals surface area contributed by atoms with Crippen molar-refractivity contribution in [3.8, 4) is 5.75 Å². The highest BCUT2D eigenvalue weighted by Crippen LogP contribution is 2.21. The number of carbonyl (C=O) groups is 1. The summed E-state index contributed by atoms with van der Waals surface area (Å²) in [6.45, 7) is 5.76. The van der Waals surface area contributed by atoms with Crippen molar-refractivity contribution in [2.75, 3.05) is 6.61 Å². The van der Waals surface area contributed by atoms with Gasteiger partial charge in [-0.25, -0.2) is 5.43 Å². The first kappa shape index (κ1) is 14.7. The maximum Gasteiger partial charge on any atom is 0.277 e. The van der Waals surface area contributed by atoms with Crippen LogP contribution in [0.3, 0.4) is 0 Å². The maximum atomic E-state index is 11.4. The quantitative estimate of drug-likeness (QED) is 0.671. The molecule has 0 bridgehead atoms. The first-order valence-corrected chi connectivity index (χ1v) is 6.53. The van der Waals surface area contributed by atoms with Crippen LogP contribution in [-0.4, -0.2) is 18.2 Å². The molecule has 1 aromatic carbocycles. The van der Waals surface area contributed by atoms with Crippen LogP contribution in [0.2, 0.25) is 0 Å². The van der Waals surface area contributed by atoms with Gasteiger partial charge in [0.05, 0.1) is 0 Å². The smallest absolute Gasteiger partial charge is 0.277 e. The van der Waals surface area contributed by atoms with E-state index in [0.717, 1.165) is 22.2 Å². The van der Waals surface area contributed by atoms with Gasteiger partial charge in [0.2, 0.25) is 0 Å². The largest absolute Gasteiger partial charge is 0.484 e. The Morgan fingerprint density at radius 1 is 1.50 bits per heavy atom. The predicted octanol–water partition coefficient (Wildman–Crippen LogP) is 3.04. The number of nitrogens with zero attached hydrogens (tertiary/aromatic N) is 1. The van der Waals surface area contributed by atoms with Gasteiger partial charge in [-0.2, -0.15) is 5.10 Å². The number of ether oxygens (including phenoxy) is 1. The maximum absolute atomic E-state index is 11.4. The molecule has 0 saturated carbocycles. The highest BCUT2D eigenvalue weighted by atomic mass is 79.9. The van der Waals surface area contributed by atoms with Crippen LogP contribution in [0.25, 0.3) is 0 Å². The Labute approximate surface area is 116 Å². The van der Waals surface area contributed by atoms with Crippen LogP contribution in [0.15, 0.2) is 27.8 Å². The Morgan fingerprint density at radius 2 is 2.22 bits per heavy atom. The molecule has 0 saturated heterocycles. The minimum atomic E-state index is -0.261. The summed E-state index contributed by atoms with van der Waals surface area (Å²) in [5, 5.41) is 3.92. The Balaban J connectivity index is 2.45. The highest BCUT2D eigenvalue weighted by molar-refractivity contribution is 9.10. The number of carbonyl (C=O) groups excluding carboxylic acids is 1. The molecule has 0 aliphatic carbocycles. The van der Waals surface area contributed by atoms with Gasteiger partial charge in [-0.3, -0.25) is 4.79 Å². The van der Waals surface area contributed by atoms with E-state index in [1.54, 1.807) is 0 Å². The molecule has 1 aromatic rings. The van der Waals surface area contributed by atoms with Gasteiger partial charge in [-0.1, -0.05) is 22.9 Å². The third-order valence-electron chi connectivity index (χ3n) is 2.38. The molecule has 0 radical (unpaired) electrons. The van der Waals surface area contributed by atoms with Crippen LogP contribution < -0.4 is 10.2 Å². The summed E-state index contributed by atoms with van der Waals surface area (Å²) in [5.41, 5.74) is 4.38. The Kier molecular flexibility index (Phi) is 5.85. The number of benzene rings is 1. The van der Waals surface area contributed by atoms with Gasteiger partial charge in [-0.05, 0) is 44.0 Å². The van der Waals surface area contributed by atoms with Crippen molar-refractivity contribution in [1.82, 2.24) is 5.43 Å². The van der Waals surface area contributed by atoms with E-state index in [1.807, 2.05) is 39.0 Å². The number of amides is 1. The molecule has 0 heterocycles. The van der Waals surface area contributed by atoms with Crippen molar-refractivity contribution >= 4 is 27.5 Å². The zero-order chi connectivity index (χ0) is 13.5. The number of aryl methyl sites for hydroxylation is 1. The van der Waals surface area contributed by atoms with Gasteiger partial charge in [0, 0.05) is 10.2 Å². The first-order valence-electron chi connectivity index (χ1n) is 5.74. The van der Waals surface area contributed by atoms with Crippen molar-refractivity contribution < 1.29 is 9.53 Å². The summed E-state index contributed by atoms with van der Waals surface area (Å²) in [6, 6.07) is 5.57. The Morgan fingerprint density at radius 3 is 2.83 bits per heavy atom. The molecule has 0 spiro atoms. The number of hydrazone groups is 1. The first-order chi connectivity index (χ1) is 8.52. The predicted molar refractivity (Wildman–Crippen MR) is 75.9 cm³/mol. The molecule has 1 rings (SSSR count). The number of hydrogen-bond acceptors (Lipinski definition) is 3. The van der Waals surface area contributed by atoms with E-state index in [-0.39, 0.29) is 12.5 Å². The van der Waals surface area contributed by atoms with Crippen LogP contribution >= 0.6 is 15.9 Å². The molecular weight excluding hydrogens is 296 g/mol. The van der Waals surface area contributed by atoms with Crippen LogP contribution in [0.4, 0.5) is 0 Å². The standard InChI is InChI=1S/C13H17BrN2O2/c1-4-10(3)15-16-13(17)8-18-11-5-6-12(14)9(2)7-11/h5-7H,4,8H2,1-3H3,(H,16,17)/b15-10-. The highest BCUT2D eigenvalue weighted by Gasteiger charge is 2.03. The summed E-state index contributed by atoms with van der Waals surface area (Å²) in [6.07, 6.45) is 0.813. The van der Waals surface area contributed by atoms with Crippen molar-refractivity contribution in [2.24, 2.45) is 5.10 Å². The van der Waals surface area contributed by atoms with Crippen LogP contribution in [-0.2, 0) is 4.79 Å². The van der Waals surface area contributed by atoms with E-state index in [0.29, 0.717) is 5.75 Å². The van der Waals surface area contributed by atoms with E-state index < -0.39 is 0 Å². The monoisotopic (exact) mass is 312 g/mol. The lowest BCUT2D eigenvalue weighted by Crippen LogP contribution is -2.25. The molecule has 4 nitrogen and oxygen atoms in total. The van der Waals surface area contributed by atoms with Crippen molar-refractivity contribution in [2.45, 2.75) is 27.2 Å². The second-order valence-electron chi connectivity index (χ2n) is 3.94. The number of rotatable bonds is 5. The van der Waals surface area contributed by atoms with Gasteiger partial charge in [0.1, 0.15) is 5.75 Å².